The second-order valence-corrected chi connectivity index (χ2v) is 8.27. The highest BCUT2D eigenvalue weighted by Gasteiger charge is 2.30. The van der Waals surface area contributed by atoms with Crippen LogP contribution in [0.4, 0.5) is 5.69 Å². The van der Waals surface area contributed by atoms with E-state index in [1.165, 1.54) is 20.3 Å². The van der Waals surface area contributed by atoms with Crippen LogP contribution >= 0.6 is 0 Å². The Kier molecular flexibility index (Phi) is 6.53. The van der Waals surface area contributed by atoms with Crippen LogP contribution in [-0.2, 0) is 19.6 Å². The average molecular weight is 399 g/mol. The smallest absolute Gasteiger partial charge is 0.243 e. The maximum absolute atomic E-state index is 12.7. The van der Waals surface area contributed by atoms with Gasteiger partial charge in [-0.2, -0.15) is 0 Å². The van der Waals surface area contributed by atoms with Gasteiger partial charge in [-0.3, -0.25) is 13.9 Å². The van der Waals surface area contributed by atoms with Crippen LogP contribution in [0.1, 0.15) is 12.8 Å². The fourth-order valence-corrected chi connectivity index (χ4v) is 3.85. The summed E-state index contributed by atoms with van der Waals surface area (Å²) in [5.41, 5.74) is 5.53. The lowest BCUT2D eigenvalue weighted by atomic mass is 9.96. The monoisotopic (exact) mass is 399 g/mol. The Morgan fingerprint density at radius 2 is 1.85 bits per heavy atom. The molecular weight excluding hydrogens is 374 g/mol. The number of nitrogens with zero attached hydrogens (tertiary/aromatic N) is 2. The second-order valence-electron chi connectivity index (χ2n) is 6.36. The van der Waals surface area contributed by atoms with E-state index < -0.39 is 10.0 Å². The van der Waals surface area contributed by atoms with Gasteiger partial charge in [0.05, 0.1) is 26.2 Å². The molecule has 1 aromatic rings. The Labute approximate surface area is 159 Å². The number of primary amides is 1. The number of carbonyl (C=O) groups excluding carboxylic acids is 2. The molecule has 0 aliphatic carbocycles. The lowest BCUT2D eigenvalue weighted by Crippen LogP contribution is -2.47. The molecule has 1 aliphatic rings. The van der Waals surface area contributed by atoms with Crippen molar-refractivity contribution in [1.29, 1.82) is 0 Å². The van der Waals surface area contributed by atoms with E-state index >= 15 is 0 Å². The number of hydrogen-bond acceptors (Lipinski definition) is 6. The Morgan fingerprint density at radius 3 is 2.33 bits per heavy atom. The number of benzene rings is 1. The third kappa shape index (κ3) is 5.03. The number of sulfonamides is 1. The molecule has 1 fully saturated rings. The molecule has 10 heteroatoms. The number of rotatable bonds is 7. The van der Waals surface area contributed by atoms with Gasteiger partial charge in [0.25, 0.3) is 0 Å². The normalized spacial score (nSPS) is 15.3. The van der Waals surface area contributed by atoms with Crippen LogP contribution in [-0.4, -0.2) is 65.2 Å². The van der Waals surface area contributed by atoms with Crippen molar-refractivity contribution in [3.05, 3.63) is 18.2 Å². The second kappa shape index (κ2) is 8.47. The first-order chi connectivity index (χ1) is 12.7. The summed E-state index contributed by atoms with van der Waals surface area (Å²) < 4.78 is 36.1. The van der Waals surface area contributed by atoms with E-state index in [2.05, 4.69) is 0 Å². The number of likely N-dealkylation sites (tertiary alicyclic amines) is 1. The van der Waals surface area contributed by atoms with Gasteiger partial charge in [0.15, 0.2) is 0 Å². The minimum Gasteiger partial charge on any atom is -0.497 e. The molecule has 0 radical (unpaired) electrons. The number of ether oxygens (including phenoxy) is 2. The van der Waals surface area contributed by atoms with Crippen molar-refractivity contribution in [3.63, 3.8) is 0 Å². The fraction of sp³-hybridized carbons (Fsp3) is 0.529. The van der Waals surface area contributed by atoms with Gasteiger partial charge < -0.3 is 20.1 Å². The third-order valence-electron chi connectivity index (χ3n) is 4.58. The molecule has 1 saturated heterocycles. The molecule has 0 atom stereocenters. The zero-order valence-electron chi connectivity index (χ0n) is 15.7. The van der Waals surface area contributed by atoms with Gasteiger partial charge in [-0.15, -0.1) is 0 Å². The molecule has 27 heavy (non-hydrogen) atoms. The molecule has 2 amide bonds. The van der Waals surface area contributed by atoms with Crippen molar-refractivity contribution in [3.8, 4) is 11.5 Å². The molecule has 0 aromatic heterocycles. The third-order valence-corrected chi connectivity index (χ3v) is 5.71. The molecule has 150 valence electrons. The Balaban J connectivity index is 2.24. The van der Waals surface area contributed by atoms with Gasteiger partial charge in [-0.25, -0.2) is 8.42 Å². The molecule has 1 aromatic carbocycles. The number of piperidine rings is 1. The molecular formula is C17H25N3O6S. The van der Waals surface area contributed by atoms with Gasteiger partial charge in [0, 0.05) is 25.1 Å². The van der Waals surface area contributed by atoms with Crippen molar-refractivity contribution in [2.45, 2.75) is 12.8 Å². The Hall–Kier alpha value is -2.49. The number of methoxy groups -OCH3 is 2. The van der Waals surface area contributed by atoms with E-state index in [-0.39, 0.29) is 30.0 Å². The lowest BCUT2D eigenvalue weighted by Gasteiger charge is -2.32. The summed E-state index contributed by atoms with van der Waals surface area (Å²) in [5.74, 6) is -0.233. The number of amides is 2. The van der Waals surface area contributed by atoms with Crippen molar-refractivity contribution in [2.24, 2.45) is 11.7 Å². The van der Waals surface area contributed by atoms with E-state index in [1.54, 1.807) is 17.0 Å². The van der Waals surface area contributed by atoms with Gasteiger partial charge in [0.2, 0.25) is 21.8 Å². The largest absolute Gasteiger partial charge is 0.497 e. The summed E-state index contributed by atoms with van der Waals surface area (Å²) in [7, 11) is -0.876. The Bertz CT molecular complexity index is 803. The Morgan fingerprint density at radius 1 is 1.22 bits per heavy atom. The summed E-state index contributed by atoms with van der Waals surface area (Å²) >= 11 is 0. The summed E-state index contributed by atoms with van der Waals surface area (Å²) in [6.07, 6.45) is 1.98. The molecule has 0 bridgehead atoms. The topological polar surface area (TPSA) is 119 Å². The van der Waals surface area contributed by atoms with Crippen molar-refractivity contribution in [1.82, 2.24) is 4.90 Å². The number of carbonyl (C=O) groups is 2. The van der Waals surface area contributed by atoms with E-state index in [0.717, 1.165) is 10.6 Å². The van der Waals surface area contributed by atoms with Crippen molar-refractivity contribution in [2.75, 3.05) is 44.4 Å². The minimum absolute atomic E-state index is 0.222. The summed E-state index contributed by atoms with van der Waals surface area (Å²) in [4.78, 5) is 25.5. The van der Waals surface area contributed by atoms with Crippen molar-refractivity contribution >= 4 is 27.5 Å². The summed E-state index contributed by atoms with van der Waals surface area (Å²) in [6, 6.07) is 4.72. The van der Waals surface area contributed by atoms with Gasteiger partial charge in [-0.05, 0) is 25.0 Å². The number of nitrogens with two attached hydrogens (primary N) is 1. The molecule has 9 nitrogen and oxygen atoms in total. The standard InChI is InChI=1S/C17H25N3O6S/c1-25-13-4-5-15(26-2)14(10-13)20(27(3,23)24)11-16(21)19-8-6-12(7-9-19)17(18)22/h4-5,10,12H,6-9,11H2,1-3H3,(H2,18,22). The quantitative estimate of drug-likeness (QED) is 0.699. The van der Waals surface area contributed by atoms with Gasteiger partial charge in [0.1, 0.15) is 18.0 Å². The predicted octanol–water partition coefficient (Wildman–Crippen LogP) is 0.194. The predicted molar refractivity (Wildman–Crippen MR) is 100 cm³/mol. The van der Waals surface area contributed by atoms with Crippen LogP contribution in [0.2, 0.25) is 0 Å². The van der Waals surface area contributed by atoms with Crippen LogP contribution in [0.15, 0.2) is 18.2 Å². The zero-order valence-corrected chi connectivity index (χ0v) is 16.5. The molecule has 0 unspecified atom stereocenters. The zero-order chi connectivity index (χ0) is 20.2. The molecule has 1 aliphatic heterocycles. The first-order valence-electron chi connectivity index (χ1n) is 8.44. The maximum atomic E-state index is 12.7. The van der Waals surface area contributed by atoms with E-state index in [4.69, 9.17) is 15.2 Å². The maximum Gasteiger partial charge on any atom is 0.243 e. The average Bonchev–Trinajstić information content (AvgIpc) is 2.64. The SMILES string of the molecule is COc1ccc(OC)c(N(CC(=O)N2CCC(C(N)=O)CC2)S(C)(=O)=O)c1. The molecule has 1 heterocycles. The van der Waals surface area contributed by atoms with Crippen LogP contribution in [0.5, 0.6) is 11.5 Å². The fourth-order valence-electron chi connectivity index (χ4n) is 3.01. The highest BCUT2D eigenvalue weighted by atomic mass is 32.2. The van der Waals surface area contributed by atoms with E-state index in [0.29, 0.717) is 37.4 Å². The molecule has 2 N–H and O–H groups in total. The highest BCUT2D eigenvalue weighted by molar-refractivity contribution is 7.92. The van der Waals surface area contributed by atoms with Crippen LogP contribution < -0.4 is 19.5 Å². The number of hydrogen-bond donors (Lipinski definition) is 1. The van der Waals surface area contributed by atoms with Gasteiger partial charge in [-0.1, -0.05) is 0 Å². The van der Waals surface area contributed by atoms with Crippen LogP contribution in [0.3, 0.4) is 0 Å². The number of anilines is 1. The first kappa shape index (κ1) is 20.8. The molecule has 0 saturated carbocycles. The molecule has 2 rings (SSSR count). The summed E-state index contributed by atoms with van der Waals surface area (Å²) in [5, 5.41) is 0. The molecule has 0 spiro atoms. The van der Waals surface area contributed by atoms with E-state index in [9.17, 15) is 18.0 Å². The van der Waals surface area contributed by atoms with Crippen LogP contribution in [0.25, 0.3) is 0 Å². The van der Waals surface area contributed by atoms with E-state index in [1.807, 2.05) is 0 Å². The first-order valence-corrected chi connectivity index (χ1v) is 10.3. The van der Waals surface area contributed by atoms with Crippen molar-refractivity contribution < 1.29 is 27.5 Å². The lowest BCUT2D eigenvalue weighted by molar-refractivity contribution is -0.133. The highest BCUT2D eigenvalue weighted by Crippen LogP contribution is 2.33. The summed E-state index contributed by atoms with van der Waals surface area (Å²) in [6.45, 7) is 0.349. The minimum atomic E-state index is -3.76. The van der Waals surface area contributed by atoms with Crippen LogP contribution in [0, 0.1) is 5.92 Å². The van der Waals surface area contributed by atoms with Gasteiger partial charge >= 0.3 is 0 Å².